The molecule has 0 aliphatic rings. The Bertz CT molecular complexity index is 629. The minimum atomic E-state index is -4.49. The molecule has 1 N–H and O–H groups in total. The minimum Gasteiger partial charge on any atom is -0.369 e. The predicted octanol–water partition coefficient (Wildman–Crippen LogP) is 4.66. The summed E-state index contributed by atoms with van der Waals surface area (Å²) in [5.74, 6) is -0.604. The Morgan fingerprint density at radius 2 is 1.95 bits per heavy atom. The summed E-state index contributed by atoms with van der Waals surface area (Å²) in [5.41, 5.74) is -0.135. The molecular weight excluding hydrogens is 352 g/mol. The molecule has 2 nitrogen and oxygen atoms in total. The van der Waals surface area contributed by atoms with Crippen molar-refractivity contribution in [3.05, 3.63) is 57.9 Å². The number of alkyl halides is 3. The zero-order valence-electron chi connectivity index (χ0n) is 10.7. The molecule has 2 aromatic rings. The van der Waals surface area contributed by atoms with E-state index in [9.17, 15) is 17.6 Å². The van der Waals surface area contributed by atoms with Crippen LogP contribution in [0.25, 0.3) is 0 Å². The molecule has 0 atom stereocenters. The van der Waals surface area contributed by atoms with Crippen LogP contribution in [-0.2, 0) is 12.6 Å². The molecule has 1 aromatic carbocycles. The normalized spacial score (nSPS) is 11.5. The van der Waals surface area contributed by atoms with Crippen LogP contribution in [0.15, 0.2) is 41.0 Å². The van der Waals surface area contributed by atoms with Gasteiger partial charge in [0, 0.05) is 17.2 Å². The van der Waals surface area contributed by atoms with E-state index in [4.69, 9.17) is 0 Å². The number of pyridine rings is 1. The van der Waals surface area contributed by atoms with E-state index in [1.54, 1.807) is 12.1 Å². The van der Waals surface area contributed by atoms with E-state index in [0.717, 1.165) is 6.07 Å². The third-order valence-corrected chi connectivity index (χ3v) is 3.19. The van der Waals surface area contributed by atoms with Crippen LogP contribution in [0.1, 0.15) is 11.1 Å². The molecule has 0 saturated carbocycles. The molecule has 0 saturated heterocycles. The highest BCUT2D eigenvalue weighted by Gasteiger charge is 2.34. The fraction of sp³-hybridized carbons (Fsp3) is 0.214. The lowest BCUT2D eigenvalue weighted by Crippen LogP contribution is -2.14. The lowest BCUT2D eigenvalue weighted by atomic mass is 10.1. The van der Waals surface area contributed by atoms with Gasteiger partial charge in [0.25, 0.3) is 0 Å². The Morgan fingerprint density at radius 3 is 2.62 bits per heavy atom. The molecule has 0 aliphatic carbocycles. The molecule has 0 amide bonds. The summed E-state index contributed by atoms with van der Waals surface area (Å²) >= 11 is 2.97. The van der Waals surface area contributed by atoms with E-state index in [0.29, 0.717) is 12.0 Å². The Labute approximate surface area is 127 Å². The van der Waals surface area contributed by atoms with Gasteiger partial charge in [-0.3, -0.25) is 0 Å². The van der Waals surface area contributed by atoms with Crippen LogP contribution < -0.4 is 5.32 Å². The van der Waals surface area contributed by atoms with Gasteiger partial charge in [-0.2, -0.15) is 13.2 Å². The monoisotopic (exact) mass is 362 g/mol. The Hall–Kier alpha value is -1.63. The van der Waals surface area contributed by atoms with Crippen molar-refractivity contribution in [3.8, 4) is 0 Å². The van der Waals surface area contributed by atoms with Crippen molar-refractivity contribution in [2.75, 3.05) is 11.9 Å². The number of hydrogen-bond donors (Lipinski definition) is 1. The maximum absolute atomic E-state index is 13.0. The second-order valence-electron chi connectivity index (χ2n) is 4.35. The van der Waals surface area contributed by atoms with Crippen LogP contribution in [0, 0.1) is 5.82 Å². The van der Waals surface area contributed by atoms with Crippen LogP contribution >= 0.6 is 15.9 Å². The smallest absolute Gasteiger partial charge is 0.369 e. The molecule has 112 valence electrons. The third-order valence-electron chi connectivity index (χ3n) is 2.75. The lowest BCUT2D eigenvalue weighted by molar-refractivity contribution is -0.137. The van der Waals surface area contributed by atoms with Gasteiger partial charge in [0.15, 0.2) is 0 Å². The van der Waals surface area contributed by atoms with E-state index in [1.807, 2.05) is 0 Å². The van der Waals surface area contributed by atoms with Crippen LogP contribution in [0.5, 0.6) is 0 Å². The second kappa shape index (κ2) is 6.43. The molecule has 2 rings (SSSR count). The van der Waals surface area contributed by atoms with E-state index < -0.39 is 11.7 Å². The number of halogens is 5. The van der Waals surface area contributed by atoms with E-state index in [2.05, 4.69) is 26.2 Å². The van der Waals surface area contributed by atoms with E-state index in [-0.39, 0.29) is 22.7 Å². The van der Waals surface area contributed by atoms with Gasteiger partial charge in [0.1, 0.15) is 11.6 Å². The number of aromatic nitrogens is 1. The molecule has 0 bridgehead atoms. The molecule has 0 radical (unpaired) electrons. The maximum atomic E-state index is 13.0. The maximum Gasteiger partial charge on any atom is 0.419 e. The van der Waals surface area contributed by atoms with Crippen molar-refractivity contribution in [2.45, 2.75) is 12.6 Å². The highest BCUT2D eigenvalue weighted by atomic mass is 79.9. The first-order chi connectivity index (χ1) is 9.86. The van der Waals surface area contributed by atoms with Crippen LogP contribution in [0.4, 0.5) is 23.4 Å². The highest BCUT2D eigenvalue weighted by Crippen LogP contribution is 2.35. The van der Waals surface area contributed by atoms with Crippen molar-refractivity contribution >= 4 is 21.7 Å². The summed E-state index contributed by atoms with van der Waals surface area (Å²) in [5, 5.41) is 2.64. The number of nitrogens with one attached hydrogen (secondary N) is 1. The quantitative estimate of drug-likeness (QED) is 0.800. The minimum absolute atomic E-state index is 0.223. The van der Waals surface area contributed by atoms with Gasteiger partial charge < -0.3 is 5.32 Å². The summed E-state index contributed by atoms with van der Waals surface area (Å²) in [6.07, 6.45) is -2.80. The molecule has 1 aromatic heterocycles. The van der Waals surface area contributed by atoms with Gasteiger partial charge in [0.05, 0.1) is 5.56 Å². The van der Waals surface area contributed by atoms with Gasteiger partial charge in [0.2, 0.25) is 0 Å². The summed E-state index contributed by atoms with van der Waals surface area (Å²) in [7, 11) is 0. The molecule has 7 heteroatoms. The van der Waals surface area contributed by atoms with E-state index >= 15 is 0 Å². The fourth-order valence-corrected chi connectivity index (χ4v) is 2.15. The Morgan fingerprint density at radius 1 is 1.19 bits per heavy atom. The molecule has 0 fully saturated rings. The highest BCUT2D eigenvalue weighted by molar-refractivity contribution is 9.10. The summed E-state index contributed by atoms with van der Waals surface area (Å²) in [6.45, 7) is 0.223. The average Bonchev–Trinajstić information content (AvgIpc) is 2.39. The zero-order chi connectivity index (χ0) is 15.5. The summed E-state index contributed by atoms with van der Waals surface area (Å²) in [6, 6.07) is 6.90. The molecule has 0 spiro atoms. The average molecular weight is 363 g/mol. The van der Waals surface area contributed by atoms with Crippen molar-refractivity contribution in [1.82, 2.24) is 4.98 Å². The topological polar surface area (TPSA) is 24.9 Å². The number of nitrogens with zero attached hydrogens (tertiary/aromatic N) is 1. The Balaban J connectivity index is 2.07. The van der Waals surface area contributed by atoms with E-state index in [1.165, 1.54) is 18.3 Å². The molecule has 21 heavy (non-hydrogen) atoms. The van der Waals surface area contributed by atoms with Gasteiger partial charge in [-0.05, 0) is 46.1 Å². The Kier molecular flexibility index (Phi) is 4.82. The third kappa shape index (κ3) is 4.42. The van der Waals surface area contributed by atoms with Gasteiger partial charge in [-0.15, -0.1) is 0 Å². The van der Waals surface area contributed by atoms with Crippen molar-refractivity contribution in [2.24, 2.45) is 0 Å². The summed E-state index contributed by atoms with van der Waals surface area (Å²) < 4.78 is 51.9. The van der Waals surface area contributed by atoms with Crippen molar-refractivity contribution in [3.63, 3.8) is 0 Å². The van der Waals surface area contributed by atoms with Crippen molar-refractivity contribution in [1.29, 1.82) is 0 Å². The summed E-state index contributed by atoms with van der Waals surface area (Å²) in [4.78, 5) is 3.74. The first-order valence-corrected chi connectivity index (χ1v) is 6.86. The van der Waals surface area contributed by atoms with Crippen LogP contribution in [-0.4, -0.2) is 11.5 Å². The predicted molar refractivity (Wildman–Crippen MR) is 75.5 cm³/mol. The zero-order valence-corrected chi connectivity index (χ0v) is 12.3. The fourth-order valence-electron chi connectivity index (χ4n) is 1.81. The number of rotatable bonds is 4. The van der Waals surface area contributed by atoms with Crippen LogP contribution in [0.2, 0.25) is 0 Å². The number of anilines is 1. The first-order valence-electron chi connectivity index (χ1n) is 6.07. The number of benzene rings is 1. The standard InChI is InChI=1S/C14H11BrF4N2/c15-10-7-12(14(17,18)19)13(21-8-10)20-5-4-9-2-1-3-11(16)6-9/h1-3,6-8H,4-5H2,(H,20,21). The van der Waals surface area contributed by atoms with Gasteiger partial charge in [-0.25, -0.2) is 9.37 Å². The van der Waals surface area contributed by atoms with Gasteiger partial charge >= 0.3 is 6.18 Å². The molecular formula is C14H11BrF4N2. The molecule has 1 heterocycles. The largest absolute Gasteiger partial charge is 0.419 e. The molecule has 0 unspecified atom stereocenters. The molecule has 0 aliphatic heterocycles. The first kappa shape index (κ1) is 15.8. The number of hydrogen-bond acceptors (Lipinski definition) is 2. The second-order valence-corrected chi connectivity index (χ2v) is 5.27. The SMILES string of the molecule is Fc1cccc(CCNc2ncc(Br)cc2C(F)(F)F)c1. The lowest BCUT2D eigenvalue weighted by Gasteiger charge is -2.13. The van der Waals surface area contributed by atoms with Crippen LogP contribution in [0.3, 0.4) is 0 Å². The van der Waals surface area contributed by atoms with Crippen molar-refractivity contribution < 1.29 is 17.6 Å². The van der Waals surface area contributed by atoms with Gasteiger partial charge in [-0.1, -0.05) is 12.1 Å².